The lowest BCUT2D eigenvalue weighted by Crippen LogP contribution is -2.56. The van der Waals surface area contributed by atoms with Gasteiger partial charge in [0.15, 0.2) is 0 Å². The number of carbonyl (C=O) groups is 1. The Hall–Kier alpha value is -4.76. The third-order valence-electron chi connectivity index (χ3n) is 11.0. The van der Waals surface area contributed by atoms with Gasteiger partial charge in [0.2, 0.25) is 0 Å². The Morgan fingerprint density at radius 2 is 1.68 bits per heavy atom. The molecule has 4 fully saturated rings. The van der Waals surface area contributed by atoms with Crippen molar-refractivity contribution in [3.63, 3.8) is 0 Å². The molecule has 9 heteroatoms. The fourth-order valence-corrected chi connectivity index (χ4v) is 8.79. The minimum Gasteiger partial charge on any atom is -0.508 e. The Balaban J connectivity index is 1.10. The molecule has 2 aromatic heterocycles. The van der Waals surface area contributed by atoms with Crippen molar-refractivity contribution in [3.05, 3.63) is 84.7 Å². The van der Waals surface area contributed by atoms with Crippen LogP contribution < -0.4 is 9.64 Å². The van der Waals surface area contributed by atoms with Crippen molar-refractivity contribution < 1.29 is 14.6 Å². The summed E-state index contributed by atoms with van der Waals surface area (Å²) in [5.41, 5.74) is 3.32. The minimum atomic E-state index is 0.00855. The Bertz CT molecular complexity index is 1980. The number of phenolic OH excluding ortho intramolecular Hbond substituents is 1. The van der Waals surface area contributed by atoms with Gasteiger partial charge in [-0.3, -0.25) is 14.7 Å². The summed E-state index contributed by atoms with van der Waals surface area (Å²) in [6, 6.07) is 24.1. The first-order valence-corrected chi connectivity index (χ1v) is 17.0. The van der Waals surface area contributed by atoms with Crippen LogP contribution in [-0.2, 0) is 0 Å². The highest BCUT2D eigenvalue weighted by Crippen LogP contribution is 2.41. The monoisotopic (exact) mass is 626 g/mol. The number of aromatic hydroxyl groups is 1. The quantitative estimate of drug-likeness (QED) is 0.244. The van der Waals surface area contributed by atoms with Crippen molar-refractivity contribution in [1.82, 2.24) is 24.8 Å². The van der Waals surface area contributed by atoms with Crippen LogP contribution in [0, 0.1) is 0 Å². The van der Waals surface area contributed by atoms with Gasteiger partial charge in [0.1, 0.15) is 23.9 Å². The lowest BCUT2D eigenvalue weighted by atomic mass is 9.95. The molecule has 238 valence electrons. The van der Waals surface area contributed by atoms with Crippen LogP contribution in [0.15, 0.2) is 79.0 Å². The number of benzene rings is 3. The van der Waals surface area contributed by atoms with Gasteiger partial charge in [0, 0.05) is 24.7 Å². The number of anilines is 1. The molecule has 4 saturated heterocycles. The SMILES string of the molecule is O=C(c1ccccn1)N1C2CCC1CN(c1nc(OCC34CCCN3CCC4)nc3cc(-c4cc(O)cc5ccccc45)ccc13)C2. The summed E-state index contributed by atoms with van der Waals surface area (Å²) in [7, 11) is 0. The maximum atomic E-state index is 13.5. The number of fused-ring (bicyclic) bond motifs is 5. The van der Waals surface area contributed by atoms with Crippen LogP contribution >= 0.6 is 0 Å². The lowest BCUT2D eigenvalue weighted by molar-refractivity contribution is 0.0635. The Morgan fingerprint density at radius 1 is 0.894 bits per heavy atom. The van der Waals surface area contributed by atoms with Gasteiger partial charge < -0.3 is 19.6 Å². The van der Waals surface area contributed by atoms with Crippen molar-refractivity contribution >= 4 is 33.4 Å². The molecule has 0 saturated carbocycles. The van der Waals surface area contributed by atoms with Gasteiger partial charge in [0.05, 0.1) is 23.1 Å². The molecule has 2 unspecified atom stereocenters. The summed E-state index contributed by atoms with van der Waals surface area (Å²) in [6.07, 6.45) is 8.31. The smallest absolute Gasteiger partial charge is 0.319 e. The number of phenols is 1. The van der Waals surface area contributed by atoms with Crippen LogP contribution in [0.5, 0.6) is 11.8 Å². The van der Waals surface area contributed by atoms with Crippen molar-refractivity contribution in [1.29, 1.82) is 0 Å². The molecule has 9 rings (SSSR count). The van der Waals surface area contributed by atoms with Crippen LogP contribution in [0.25, 0.3) is 32.8 Å². The molecule has 4 aliphatic heterocycles. The minimum absolute atomic E-state index is 0.00855. The highest BCUT2D eigenvalue weighted by atomic mass is 16.5. The van der Waals surface area contributed by atoms with E-state index in [2.05, 4.69) is 43.9 Å². The van der Waals surface area contributed by atoms with Crippen molar-refractivity contribution in [2.24, 2.45) is 0 Å². The zero-order valence-electron chi connectivity index (χ0n) is 26.4. The highest BCUT2D eigenvalue weighted by Gasteiger charge is 2.46. The molecule has 0 radical (unpaired) electrons. The first-order valence-electron chi connectivity index (χ1n) is 17.0. The molecular formula is C38H38N6O3. The number of ether oxygens (including phenoxy) is 1. The molecule has 6 heterocycles. The second-order valence-corrected chi connectivity index (χ2v) is 13.7. The second kappa shape index (κ2) is 11.2. The maximum absolute atomic E-state index is 13.5. The number of carbonyl (C=O) groups excluding carboxylic acids is 1. The Morgan fingerprint density at radius 3 is 2.47 bits per heavy atom. The first-order chi connectivity index (χ1) is 23.0. The number of nitrogens with zero attached hydrogens (tertiary/aromatic N) is 6. The summed E-state index contributed by atoms with van der Waals surface area (Å²) in [5, 5.41) is 13.6. The van der Waals surface area contributed by atoms with Gasteiger partial charge in [-0.05, 0) is 110 Å². The van der Waals surface area contributed by atoms with Gasteiger partial charge in [-0.15, -0.1) is 0 Å². The summed E-state index contributed by atoms with van der Waals surface area (Å²) in [6.45, 7) is 4.25. The van der Waals surface area contributed by atoms with Gasteiger partial charge in [-0.1, -0.05) is 36.4 Å². The van der Waals surface area contributed by atoms with Crippen LogP contribution in [0.2, 0.25) is 0 Å². The van der Waals surface area contributed by atoms with E-state index in [1.807, 2.05) is 36.4 Å². The normalized spacial score (nSPS) is 21.9. The molecule has 1 amide bonds. The van der Waals surface area contributed by atoms with E-state index in [0.29, 0.717) is 31.4 Å². The van der Waals surface area contributed by atoms with Gasteiger partial charge >= 0.3 is 6.01 Å². The highest BCUT2D eigenvalue weighted by molar-refractivity contribution is 6.01. The number of aromatic nitrogens is 3. The van der Waals surface area contributed by atoms with E-state index < -0.39 is 0 Å². The molecular weight excluding hydrogens is 588 g/mol. The van der Waals surface area contributed by atoms with Crippen molar-refractivity contribution in [2.45, 2.75) is 56.1 Å². The molecule has 3 aromatic carbocycles. The van der Waals surface area contributed by atoms with Crippen LogP contribution in [0.1, 0.15) is 49.0 Å². The van der Waals surface area contributed by atoms with Crippen molar-refractivity contribution in [2.75, 3.05) is 37.7 Å². The molecule has 0 aliphatic carbocycles. The topological polar surface area (TPSA) is 94.9 Å². The summed E-state index contributed by atoms with van der Waals surface area (Å²) in [5.74, 6) is 1.09. The number of amides is 1. The molecule has 0 spiro atoms. The van der Waals surface area contributed by atoms with E-state index in [0.717, 1.165) is 77.4 Å². The largest absolute Gasteiger partial charge is 0.508 e. The van der Waals surface area contributed by atoms with E-state index >= 15 is 0 Å². The molecule has 1 N–H and O–H groups in total. The Labute approximate surface area is 273 Å². The predicted molar refractivity (Wildman–Crippen MR) is 182 cm³/mol. The van der Waals surface area contributed by atoms with E-state index in [-0.39, 0.29) is 29.3 Å². The zero-order valence-corrected chi connectivity index (χ0v) is 26.4. The third kappa shape index (κ3) is 4.87. The van der Waals surface area contributed by atoms with Crippen LogP contribution in [-0.4, -0.2) is 86.2 Å². The van der Waals surface area contributed by atoms with E-state index in [1.165, 1.54) is 12.8 Å². The summed E-state index contributed by atoms with van der Waals surface area (Å²) < 4.78 is 6.55. The number of hydrogen-bond acceptors (Lipinski definition) is 8. The third-order valence-corrected chi connectivity index (χ3v) is 11.0. The lowest BCUT2D eigenvalue weighted by Gasteiger charge is -2.41. The van der Waals surface area contributed by atoms with Gasteiger partial charge in [-0.2, -0.15) is 9.97 Å². The van der Waals surface area contributed by atoms with Crippen LogP contribution in [0.3, 0.4) is 0 Å². The van der Waals surface area contributed by atoms with E-state index in [4.69, 9.17) is 14.7 Å². The molecule has 2 atom stereocenters. The molecule has 5 aromatic rings. The fraction of sp³-hybridized carbons (Fsp3) is 0.368. The zero-order chi connectivity index (χ0) is 31.5. The van der Waals surface area contributed by atoms with Gasteiger partial charge in [-0.25, -0.2) is 0 Å². The molecule has 9 nitrogen and oxygen atoms in total. The number of rotatable bonds is 6. The maximum Gasteiger partial charge on any atom is 0.319 e. The second-order valence-electron chi connectivity index (χ2n) is 13.7. The van der Waals surface area contributed by atoms with Gasteiger partial charge in [0.25, 0.3) is 5.91 Å². The number of hydrogen-bond donors (Lipinski definition) is 1. The standard InChI is InChI=1S/C38H38N6O3/c45-29-19-25-7-1-2-8-30(25)32(21-29)26-10-13-31-34(20-26)40-37(47-24-38-14-5-17-43(38)18-6-15-38)41-35(31)42-22-27-11-12-28(23-42)44(27)36(46)33-9-3-4-16-39-33/h1-4,7-10,13,16,19-21,27-28,45H,5-6,11-12,14-15,17-18,22-24H2. The van der Waals surface area contributed by atoms with Crippen molar-refractivity contribution in [3.8, 4) is 22.9 Å². The molecule has 47 heavy (non-hydrogen) atoms. The van der Waals surface area contributed by atoms with E-state index in [1.54, 1.807) is 18.3 Å². The van der Waals surface area contributed by atoms with Crippen LogP contribution in [0.4, 0.5) is 5.82 Å². The average molecular weight is 627 g/mol. The predicted octanol–water partition coefficient (Wildman–Crippen LogP) is 6.05. The summed E-state index contributed by atoms with van der Waals surface area (Å²) >= 11 is 0. The number of piperazine rings is 1. The fourth-order valence-electron chi connectivity index (χ4n) is 8.79. The number of pyridine rings is 1. The average Bonchev–Trinajstić information content (AvgIpc) is 3.76. The first kappa shape index (κ1) is 28.5. The molecule has 4 aliphatic rings. The Kier molecular flexibility index (Phi) is 6.78. The summed E-state index contributed by atoms with van der Waals surface area (Å²) in [4.78, 5) is 35.0. The molecule has 2 bridgehead atoms. The van der Waals surface area contributed by atoms with E-state index in [9.17, 15) is 9.90 Å².